The van der Waals surface area contributed by atoms with Crippen molar-refractivity contribution in [2.45, 2.75) is 20.8 Å². The molecule has 1 heterocycles. The van der Waals surface area contributed by atoms with Gasteiger partial charge in [0.05, 0.1) is 13.7 Å². The standard InChI is InChI=1S/C24H25NO5S/c1-5-29-24(27)22-19(17-9-11-18(28-4)12-10-17)14-31-23(22)25-21(26)13-30-20-8-6-7-15(2)16(20)3/h6-12,14H,5,13H2,1-4H3,(H,25,26). The van der Waals surface area contributed by atoms with E-state index >= 15 is 0 Å². The Morgan fingerprint density at radius 3 is 2.48 bits per heavy atom. The second-order valence-electron chi connectivity index (χ2n) is 6.84. The predicted octanol–water partition coefficient (Wildman–Crippen LogP) is 5.23. The van der Waals surface area contributed by atoms with Crippen LogP contribution >= 0.6 is 11.3 Å². The molecule has 1 N–H and O–H groups in total. The molecular formula is C24H25NO5S. The number of carbonyl (C=O) groups excluding carboxylic acids is 2. The van der Waals surface area contributed by atoms with E-state index in [1.807, 2.05) is 61.7 Å². The van der Waals surface area contributed by atoms with Gasteiger partial charge in [0, 0.05) is 10.9 Å². The monoisotopic (exact) mass is 439 g/mol. The first-order chi connectivity index (χ1) is 14.9. The molecule has 0 radical (unpaired) electrons. The van der Waals surface area contributed by atoms with Crippen molar-refractivity contribution >= 4 is 28.2 Å². The number of hydrogen-bond acceptors (Lipinski definition) is 6. The highest BCUT2D eigenvalue weighted by Gasteiger charge is 2.23. The number of anilines is 1. The minimum Gasteiger partial charge on any atom is -0.497 e. The van der Waals surface area contributed by atoms with Gasteiger partial charge < -0.3 is 19.5 Å². The number of thiophene rings is 1. The van der Waals surface area contributed by atoms with Gasteiger partial charge in [0.15, 0.2) is 6.61 Å². The topological polar surface area (TPSA) is 73.9 Å². The van der Waals surface area contributed by atoms with E-state index in [9.17, 15) is 9.59 Å². The number of esters is 1. The van der Waals surface area contributed by atoms with E-state index in [4.69, 9.17) is 14.2 Å². The molecule has 31 heavy (non-hydrogen) atoms. The van der Waals surface area contributed by atoms with E-state index in [0.717, 1.165) is 16.7 Å². The zero-order chi connectivity index (χ0) is 22.4. The first-order valence-corrected chi connectivity index (χ1v) is 10.7. The number of amides is 1. The smallest absolute Gasteiger partial charge is 0.341 e. The van der Waals surface area contributed by atoms with Crippen molar-refractivity contribution in [3.05, 3.63) is 64.5 Å². The summed E-state index contributed by atoms with van der Waals surface area (Å²) in [5.41, 5.74) is 3.92. The molecule has 0 atom stereocenters. The van der Waals surface area contributed by atoms with Crippen LogP contribution in [0.25, 0.3) is 11.1 Å². The van der Waals surface area contributed by atoms with Crippen molar-refractivity contribution in [2.24, 2.45) is 0 Å². The summed E-state index contributed by atoms with van der Waals surface area (Å²) in [5.74, 6) is 0.537. The van der Waals surface area contributed by atoms with Crippen LogP contribution in [-0.4, -0.2) is 32.2 Å². The number of carbonyl (C=O) groups is 2. The maximum Gasteiger partial charge on any atom is 0.341 e. The zero-order valence-electron chi connectivity index (χ0n) is 18.0. The summed E-state index contributed by atoms with van der Waals surface area (Å²) in [6.45, 7) is 5.75. The molecule has 3 rings (SSSR count). The summed E-state index contributed by atoms with van der Waals surface area (Å²) in [5, 5.41) is 5.05. The Balaban J connectivity index is 1.81. The van der Waals surface area contributed by atoms with Crippen LogP contribution in [0.15, 0.2) is 47.8 Å². The fraction of sp³-hybridized carbons (Fsp3) is 0.250. The first-order valence-electron chi connectivity index (χ1n) is 9.86. The summed E-state index contributed by atoms with van der Waals surface area (Å²) in [6.07, 6.45) is 0. The van der Waals surface area contributed by atoms with Crippen LogP contribution in [0, 0.1) is 13.8 Å². The summed E-state index contributed by atoms with van der Waals surface area (Å²) < 4.78 is 16.1. The third-order valence-electron chi connectivity index (χ3n) is 4.84. The molecular weight excluding hydrogens is 414 g/mol. The van der Waals surface area contributed by atoms with E-state index < -0.39 is 5.97 Å². The lowest BCUT2D eigenvalue weighted by Gasteiger charge is -2.12. The summed E-state index contributed by atoms with van der Waals surface area (Å²) in [6, 6.07) is 13.1. The van der Waals surface area contributed by atoms with Gasteiger partial charge in [0.2, 0.25) is 0 Å². The van der Waals surface area contributed by atoms with Gasteiger partial charge in [-0.25, -0.2) is 4.79 Å². The van der Waals surface area contributed by atoms with Gasteiger partial charge in [-0.3, -0.25) is 4.79 Å². The molecule has 0 saturated heterocycles. The van der Waals surface area contributed by atoms with E-state index in [1.165, 1.54) is 11.3 Å². The second kappa shape index (κ2) is 10.1. The minimum absolute atomic E-state index is 0.164. The van der Waals surface area contributed by atoms with Gasteiger partial charge in [-0.1, -0.05) is 24.3 Å². The molecule has 0 spiro atoms. The van der Waals surface area contributed by atoms with E-state index in [2.05, 4.69) is 5.32 Å². The van der Waals surface area contributed by atoms with Gasteiger partial charge in [-0.2, -0.15) is 0 Å². The Hall–Kier alpha value is -3.32. The predicted molar refractivity (Wildman–Crippen MR) is 122 cm³/mol. The average molecular weight is 440 g/mol. The number of aryl methyl sites for hydroxylation is 1. The van der Waals surface area contributed by atoms with Crippen LogP contribution in [0.3, 0.4) is 0 Å². The molecule has 3 aromatic rings. The third-order valence-corrected chi connectivity index (χ3v) is 5.73. The van der Waals surface area contributed by atoms with Crippen molar-refractivity contribution in [2.75, 3.05) is 25.6 Å². The molecule has 0 unspecified atom stereocenters. The van der Waals surface area contributed by atoms with Crippen LogP contribution in [-0.2, 0) is 9.53 Å². The largest absolute Gasteiger partial charge is 0.497 e. The Morgan fingerprint density at radius 1 is 1.06 bits per heavy atom. The Bertz CT molecular complexity index is 1070. The van der Waals surface area contributed by atoms with Gasteiger partial charge in [0.1, 0.15) is 22.1 Å². The van der Waals surface area contributed by atoms with Gasteiger partial charge in [-0.15, -0.1) is 11.3 Å². The molecule has 7 heteroatoms. The number of methoxy groups -OCH3 is 1. The van der Waals surface area contributed by atoms with Gasteiger partial charge in [-0.05, 0) is 55.7 Å². The van der Waals surface area contributed by atoms with Crippen LogP contribution in [0.4, 0.5) is 5.00 Å². The Morgan fingerprint density at radius 2 is 1.81 bits per heavy atom. The number of benzene rings is 2. The van der Waals surface area contributed by atoms with Crippen molar-refractivity contribution in [1.82, 2.24) is 0 Å². The maximum absolute atomic E-state index is 12.7. The van der Waals surface area contributed by atoms with Crippen molar-refractivity contribution in [3.63, 3.8) is 0 Å². The number of rotatable bonds is 8. The fourth-order valence-corrected chi connectivity index (χ4v) is 4.00. The highest BCUT2D eigenvalue weighted by Crippen LogP contribution is 2.37. The van der Waals surface area contributed by atoms with E-state index in [0.29, 0.717) is 27.6 Å². The van der Waals surface area contributed by atoms with E-state index in [-0.39, 0.29) is 19.1 Å². The second-order valence-corrected chi connectivity index (χ2v) is 7.72. The van der Waals surface area contributed by atoms with Gasteiger partial charge >= 0.3 is 5.97 Å². The highest BCUT2D eigenvalue weighted by atomic mass is 32.1. The molecule has 162 valence electrons. The molecule has 0 aliphatic carbocycles. The highest BCUT2D eigenvalue weighted by molar-refractivity contribution is 7.15. The van der Waals surface area contributed by atoms with Crippen LogP contribution in [0.5, 0.6) is 11.5 Å². The average Bonchev–Trinajstić information content (AvgIpc) is 3.18. The molecule has 1 amide bonds. The molecule has 1 aromatic heterocycles. The number of nitrogens with one attached hydrogen (secondary N) is 1. The SMILES string of the molecule is CCOC(=O)c1c(-c2ccc(OC)cc2)csc1NC(=O)COc1cccc(C)c1C. The van der Waals surface area contributed by atoms with Gasteiger partial charge in [0.25, 0.3) is 5.91 Å². The lowest BCUT2D eigenvalue weighted by atomic mass is 10.0. The van der Waals surface area contributed by atoms with Crippen LogP contribution in [0.2, 0.25) is 0 Å². The number of hydrogen-bond donors (Lipinski definition) is 1. The normalized spacial score (nSPS) is 10.5. The molecule has 0 bridgehead atoms. The Kier molecular flexibility index (Phi) is 7.31. The van der Waals surface area contributed by atoms with Crippen molar-refractivity contribution in [3.8, 4) is 22.6 Å². The number of ether oxygens (including phenoxy) is 3. The molecule has 0 fully saturated rings. The Labute approximate surface area is 185 Å². The molecule has 0 aliphatic rings. The summed E-state index contributed by atoms with van der Waals surface area (Å²) in [7, 11) is 1.59. The molecule has 6 nitrogen and oxygen atoms in total. The maximum atomic E-state index is 12.7. The van der Waals surface area contributed by atoms with Crippen molar-refractivity contribution in [1.29, 1.82) is 0 Å². The molecule has 2 aromatic carbocycles. The quantitative estimate of drug-likeness (QED) is 0.486. The fourth-order valence-electron chi connectivity index (χ4n) is 3.03. The lowest BCUT2D eigenvalue weighted by molar-refractivity contribution is -0.118. The minimum atomic E-state index is -0.486. The van der Waals surface area contributed by atoms with E-state index in [1.54, 1.807) is 14.0 Å². The summed E-state index contributed by atoms with van der Waals surface area (Å²) in [4.78, 5) is 25.2. The first kappa shape index (κ1) is 22.4. The zero-order valence-corrected chi connectivity index (χ0v) is 18.8. The third kappa shape index (κ3) is 5.24. The van der Waals surface area contributed by atoms with Crippen LogP contribution < -0.4 is 14.8 Å². The van der Waals surface area contributed by atoms with Crippen molar-refractivity contribution < 1.29 is 23.8 Å². The molecule has 0 aliphatic heterocycles. The van der Waals surface area contributed by atoms with Crippen LogP contribution in [0.1, 0.15) is 28.4 Å². The lowest BCUT2D eigenvalue weighted by Crippen LogP contribution is -2.21. The summed E-state index contributed by atoms with van der Waals surface area (Å²) >= 11 is 1.27. The molecule has 0 saturated carbocycles.